The van der Waals surface area contributed by atoms with Crippen LogP contribution in [0, 0.1) is 0 Å². The van der Waals surface area contributed by atoms with Crippen molar-refractivity contribution < 1.29 is 9.90 Å². The minimum atomic E-state index is -0.719. The predicted molar refractivity (Wildman–Crippen MR) is 95.3 cm³/mol. The van der Waals surface area contributed by atoms with E-state index >= 15 is 0 Å². The van der Waals surface area contributed by atoms with Crippen LogP contribution < -0.4 is 0 Å². The number of carboxylic acid groups (broad SMARTS) is 1. The van der Waals surface area contributed by atoms with Crippen LogP contribution >= 0.6 is 0 Å². The first-order chi connectivity index (χ1) is 10.7. The smallest absolute Gasteiger partial charge is 0.304 e. The fourth-order valence-electron chi connectivity index (χ4n) is 2.22. The summed E-state index contributed by atoms with van der Waals surface area (Å²) in [6, 6.07) is 0. The minimum absolute atomic E-state index is 0.216. The van der Waals surface area contributed by atoms with Gasteiger partial charge in [-0.05, 0) is 25.7 Å². The normalized spacial score (nSPS) is 12.0. The Bertz CT molecular complexity index is 289. The van der Waals surface area contributed by atoms with E-state index in [-0.39, 0.29) is 6.42 Å². The van der Waals surface area contributed by atoms with Crippen molar-refractivity contribution in [3.63, 3.8) is 0 Å². The maximum atomic E-state index is 10.7. The van der Waals surface area contributed by atoms with Crippen LogP contribution in [-0.4, -0.2) is 35.6 Å². The quantitative estimate of drug-likeness (QED) is 0.340. The number of aliphatic carboxylic acids is 1. The van der Waals surface area contributed by atoms with Crippen molar-refractivity contribution in [3.05, 3.63) is 24.3 Å². The number of carbonyl (C=O) groups is 1. The Labute approximate surface area is 137 Å². The molecule has 0 saturated carbocycles. The summed E-state index contributed by atoms with van der Waals surface area (Å²) in [7, 11) is 0. The molecule has 0 aromatic carbocycles. The lowest BCUT2D eigenvalue weighted by atomic mass is 10.2. The lowest BCUT2D eigenvalue weighted by molar-refractivity contribution is -0.137. The van der Waals surface area contributed by atoms with E-state index in [9.17, 15) is 4.79 Å². The third-order valence-corrected chi connectivity index (χ3v) is 3.65. The highest BCUT2D eigenvalue weighted by molar-refractivity contribution is 5.66. The van der Waals surface area contributed by atoms with Gasteiger partial charge in [0.25, 0.3) is 0 Å². The highest BCUT2D eigenvalue weighted by Crippen LogP contribution is 2.02. The van der Waals surface area contributed by atoms with E-state index in [2.05, 4.69) is 43.1 Å². The Hall–Kier alpha value is -1.09. The molecule has 0 heterocycles. The molecule has 1 N–H and O–H groups in total. The molecule has 22 heavy (non-hydrogen) atoms. The van der Waals surface area contributed by atoms with E-state index < -0.39 is 5.97 Å². The van der Waals surface area contributed by atoms with Gasteiger partial charge in [0.05, 0.1) is 6.42 Å². The number of carboxylic acids is 1. The minimum Gasteiger partial charge on any atom is -0.481 e. The average Bonchev–Trinajstić information content (AvgIpc) is 2.50. The largest absolute Gasteiger partial charge is 0.481 e. The molecule has 0 aromatic heterocycles. The molecule has 0 aliphatic rings. The summed E-state index contributed by atoms with van der Waals surface area (Å²) in [5, 5.41) is 8.84. The molecule has 0 fully saturated rings. The van der Waals surface area contributed by atoms with Crippen molar-refractivity contribution in [3.8, 4) is 0 Å². The third-order valence-electron chi connectivity index (χ3n) is 3.65. The highest BCUT2D eigenvalue weighted by Gasteiger charge is 2.04. The Morgan fingerprint density at radius 3 is 1.77 bits per heavy atom. The van der Waals surface area contributed by atoms with Gasteiger partial charge in [-0.3, -0.25) is 9.69 Å². The van der Waals surface area contributed by atoms with Gasteiger partial charge >= 0.3 is 5.97 Å². The fraction of sp³-hybridized carbons (Fsp3) is 0.737. The van der Waals surface area contributed by atoms with Gasteiger partial charge in [0.2, 0.25) is 0 Å². The summed E-state index contributed by atoms with van der Waals surface area (Å²) in [4.78, 5) is 12.9. The maximum Gasteiger partial charge on any atom is 0.304 e. The van der Waals surface area contributed by atoms with Gasteiger partial charge in [-0.1, -0.05) is 63.8 Å². The first-order valence-corrected chi connectivity index (χ1v) is 8.94. The van der Waals surface area contributed by atoms with Gasteiger partial charge in [-0.2, -0.15) is 0 Å². The average molecular weight is 309 g/mol. The topological polar surface area (TPSA) is 40.5 Å². The molecule has 0 radical (unpaired) electrons. The van der Waals surface area contributed by atoms with Gasteiger partial charge in [0.1, 0.15) is 0 Å². The first-order valence-electron chi connectivity index (χ1n) is 8.94. The zero-order chi connectivity index (χ0) is 16.5. The predicted octanol–water partition coefficient (Wildman–Crippen LogP) is 5.04. The van der Waals surface area contributed by atoms with E-state index in [1.54, 1.807) is 0 Å². The number of rotatable bonds is 15. The molecule has 0 rings (SSSR count). The van der Waals surface area contributed by atoms with Crippen molar-refractivity contribution >= 4 is 5.97 Å². The van der Waals surface area contributed by atoms with Crippen LogP contribution in [0.25, 0.3) is 0 Å². The van der Waals surface area contributed by atoms with Crippen molar-refractivity contribution in [1.29, 1.82) is 0 Å². The zero-order valence-electron chi connectivity index (χ0n) is 14.6. The molecule has 0 saturated heterocycles. The van der Waals surface area contributed by atoms with Gasteiger partial charge in [0.15, 0.2) is 0 Å². The number of nitrogens with zero attached hydrogens (tertiary/aromatic N) is 1. The summed E-state index contributed by atoms with van der Waals surface area (Å²) in [5.41, 5.74) is 0. The summed E-state index contributed by atoms with van der Waals surface area (Å²) in [6.45, 7) is 6.74. The Morgan fingerprint density at radius 1 is 0.864 bits per heavy atom. The molecular weight excluding hydrogens is 274 g/mol. The lowest BCUT2D eigenvalue weighted by Crippen LogP contribution is -2.26. The lowest BCUT2D eigenvalue weighted by Gasteiger charge is -2.17. The molecule has 0 aliphatic heterocycles. The number of allylic oxidation sites excluding steroid dienone is 2. The molecule has 0 atom stereocenters. The van der Waals surface area contributed by atoms with Crippen molar-refractivity contribution in [2.45, 2.75) is 71.6 Å². The van der Waals surface area contributed by atoms with Crippen molar-refractivity contribution in [1.82, 2.24) is 4.90 Å². The zero-order valence-corrected chi connectivity index (χ0v) is 14.6. The van der Waals surface area contributed by atoms with E-state index in [0.717, 1.165) is 25.9 Å². The van der Waals surface area contributed by atoms with E-state index in [1.165, 1.54) is 38.5 Å². The van der Waals surface area contributed by atoms with Crippen LogP contribution in [0.15, 0.2) is 24.3 Å². The molecule has 3 nitrogen and oxygen atoms in total. The van der Waals surface area contributed by atoms with Gasteiger partial charge < -0.3 is 5.11 Å². The van der Waals surface area contributed by atoms with Crippen molar-refractivity contribution in [2.24, 2.45) is 0 Å². The molecule has 128 valence electrons. The number of unbranched alkanes of at least 4 members (excludes halogenated alkanes) is 6. The Kier molecular flexibility index (Phi) is 15.5. The SMILES string of the molecule is CCCCC/C=C/CN(C/C=C/CCCCC)CCC(=O)O. The molecular formula is C19H35NO2. The van der Waals surface area contributed by atoms with Gasteiger partial charge in [0, 0.05) is 19.6 Å². The van der Waals surface area contributed by atoms with Crippen LogP contribution in [0.4, 0.5) is 0 Å². The molecule has 0 spiro atoms. The highest BCUT2D eigenvalue weighted by atomic mass is 16.4. The van der Waals surface area contributed by atoms with Gasteiger partial charge in [-0.15, -0.1) is 0 Å². The Morgan fingerprint density at radius 2 is 1.36 bits per heavy atom. The van der Waals surface area contributed by atoms with E-state index in [0.29, 0.717) is 6.54 Å². The molecule has 0 aromatic rings. The molecule has 0 unspecified atom stereocenters. The molecule has 0 bridgehead atoms. The molecule has 3 heteroatoms. The third kappa shape index (κ3) is 15.3. The van der Waals surface area contributed by atoms with Crippen LogP contribution in [-0.2, 0) is 4.79 Å². The number of hydrogen-bond donors (Lipinski definition) is 1. The van der Waals surface area contributed by atoms with Crippen LogP contribution in [0.1, 0.15) is 71.6 Å². The fourth-order valence-corrected chi connectivity index (χ4v) is 2.22. The molecule has 0 aliphatic carbocycles. The van der Waals surface area contributed by atoms with Crippen LogP contribution in [0.3, 0.4) is 0 Å². The summed E-state index contributed by atoms with van der Waals surface area (Å²) >= 11 is 0. The van der Waals surface area contributed by atoms with E-state index in [4.69, 9.17) is 5.11 Å². The second kappa shape index (κ2) is 16.3. The van der Waals surface area contributed by atoms with Crippen molar-refractivity contribution in [2.75, 3.05) is 19.6 Å². The monoisotopic (exact) mass is 309 g/mol. The maximum absolute atomic E-state index is 10.7. The Balaban J connectivity index is 4.00. The molecule has 0 amide bonds. The standard InChI is InChI=1S/C19H35NO2/c1-3-5-7-9-11-13-16-20(18-15-19(21)22)17-14-12-10-8-6-4-2/h11-14H,3-10,15-18H2,1-2H3,(H,21,22)/b13-11+,14-12+. The van der Waals surface area contributed by atoms with Crippen LogP contribution in [0.2, 0.25) is 0 Å². The summed E-state index contributed by atoms with van der Waals surface area (Å²) in [6.07, 6.45) is 18.9. The first kappa shape index (κ1) is 20.9. The second-order valence-electron chi connectivity index (χ2n) is 5.84. The van der Waals surface area contributed by atoms with Gasteiger partial charge in [-0.25, -0.2) is 0 Å². The summed E-state index contributed by atoms with van der Waals surface area (Å²) in [5.74, 6) is -0.719. The second-order valence-corrected chi connectivity index (χ2v) is 5.84. The summed E-state index contributed by atoms with van der Waals surface area (Å²) < 4.78 is 0. The van der Waals surface area contributed by atoms with E-state index in [1.807, 2.05) is 0 Å². The van der Waals surface area contributed by atoms with Crippen LogP contribution in [0.5, 0.6) is 0 Å². The number of hydrogen-bond acceptors (Lipinski definition) is 2.